The molecule has 2 aromatic carbocycles. The average molecular weight is 390 g/mol. The van der Waals surface area contributed by atoms with E-state index >= 15 is 0 Å². The van der Waals surface area contributed by atoms with Crippen molar-refractivity contribution in [2.45, 2.75) is 19.4 Å². The minimum atomic E-state index is 0.250. The number of methoxy groups -OCH3 is 1. The van der Waals surface area contributed by atoms with Crippen LogP contribution in [0.5, 0.6) is 5.75 Å². The average Bonchev–Trinajstić information content (AvgIpc) is 2.78. The van der Waals surface area contributed by atoms with Gasteiger partial charge in [-0.15, -0.1) is 0 Å². The largest absolute Gasteiger partial charge is 0.497 e. The van der Waals surface area contributed by atoms with Crippen molar-refractivity contribution in [3.8, 4) is 5.75 Å². The summed E-state index contributed by atoms with van der Waals surface area (Å²) in [7, 11) is 1.66. The standard InChI is InChI=1S/C23H23NO2.CH3NO/c1-24-22(19-12-7-4-8-13-19)23(20-14-9-15-21(16-20)25-2)26-17-18-10-5-3-6-11-18;2-1-3/h3-7,9-12,14-16H,1,8,13,17H2,2H3;1H,(H2,2,3)/b23-22-;. The molecule has 5 heteroatoms. The Morgan fingerprint density at radius 3 is 2.59 bits per heavy atom. The zero-order chi connectivity index (χ0) is 20.9. The van der Waals surface area contributed by atoms with Crippen LogP contribution in [0.15, 0.2) is 89.1 Å². The molecule has 0 atom stereocenters. The molecule has 0 spiro atoms. The highest BCUT2D eigenvalue weighted by atomic mass is 16.5. The molecule has 3 rings (SSSR count). The summed E-state index contributed by atoms with van der Waals surface area (Å²) in [6.07, 6.45) is 8.46. The number of primary amides is 1. The van der Waals surface area contributed by atoms with Crippen LogP contribution in [0.2, 0.25) is 0 Å². The normalized spacial score (nSPS) is 13.2. The molecule has 29 heavy (non-hydrogen) atoms. The third-order valence-electron chi connectivity index (χ3n) is 4.25. The van der Waals surface area contributed by atoms with E-state index in [1.165, 1.54) is 0 Å². The number of nitrogens with two attached hydrogens (primary N) is 1. The second-order valence-corrected chi connectivity index (χ2v) is 6.14. The van der Waals surface area contributed by atoms with Gasteiger partial charge >= 0.3 is 0 Å². The van der Waals surface area contributed by atoms with Gasteiger partial charge in [0.2, 0.25) is 6.41 Å². The van der Waals surface area contributed by atoms with Gasteiger partial charge in [-0.05, 0) is 42.8 Å². The molecule has 0 heterocycles. The van der Waals surface area contributed by atoms with Gasteiger partial charge in [0.1, 0.15) is 18.1 Å². The fraction of sp³-hybridized carbons (Fsp3) is 0.167. The molecule has 0 fully saturated rings. The Hall–Kier alpha value is -3.60. The van der Waals surface area contributed by atoms with Gasteiger partial charge in [-0.3, -0.25) is 9.79 Å². The third kappa shape index (κ3) is 6.50. The number of ether oxygens (including phenoxy) is 2. The van der Waals surface area contributed by atoms with Crippen molar-refractivity contribution < 1.29 is 14.3 Å². The lowest BCUT2D eigenvalue weighted by atomic mass is 9.99. The molecule has 1 aliphatic rings. The SMILES string of the molecule is C=N/C(C1=CC=CCC1)=C(\OCc1ccccc1)c1cccc(OC)c1.NC=O. The van der Waals surface area contributed by atoms with E-state index in [4.69, 9.17) is 14.3 Å². The first kappa shape index (κ1) is 21.7. The molecule has 2 aromatic rings. The molecule has 0 bridgehead atoms. The summed E-state index contributed by atoms with van der Waals surface area (Å²) in [5.74, 6) is 1.51. The van der Waals surface area contributed by atoms with E-state index < -0.39 is 0 Å². The van der Waals surface area contributed by atoms with Crippen LogP contribution < -0.4 is 10.5 Å². The van der Waals surface area contributed by atoms with Gasteiger partial charge in [-0.25, -0.2) is 0 Å². The van der Waals surface area contributed by atoms with Crippen LogP contribution in [0.3, 0.4) is 0 Å². The van der Waals surface area contributed by atoms with E-state index in [0.29, 0.717) is 6.61 Å². The molecule has 0 unspecified atom stereocenters. The van der Waals surface area contributed by atoms with E-state index in [2.05, 4.69) is 35.7 Å². The summed E-state index contributed by atoms with van der Waals surface area (Å²) in [4.78, 5) is 12.9. The quantitative estimate of drug-likeness (QED) is 0.424. The molecule has 2 N–H and O–H groups in total. The number of amides is 1. The van der Waals surface area contributed by atoms with E-state index in [9.17, 15) is 0 Å². The first-order valence-corrected chi connectivity index (χ1v) is 9.27. The van der Waals surface area contributed by atoms with Crippen molar-refractivity contribution in [3.63, 3.8) is 0 Å². The summed E-state index contributed by atoms with van der Waals surface area (Å²) in [6.45, 7) is 4.26. The predicted octanol–water partition coefficient (Wildman–Crippen LogP) is 4.66. The van der Waals surface area contributed by atoms with Crippen LogP contribution in [0, 0.1) is 0 Å². The Kier molecular flexibility index (Phi) is 8.96. The van der Waals surface area contributed by atoms with Gasteiger partial charge in [-0.1, -0.05) is 60.7 Å². The van der Waals surface area contributed by atoms with E-state index in [1.807, 2.05) is 54.6 Å². The number of carbonyl (C=O) groups is 1. The Balaban J connectivity index is 0.000000941. The van der Waals surface area contributed by atoms with Crippen LogP contribution >= 0.6 is 0 Å². The molecule has 150 valence electrons. The Morgan fingerprint density at radius 2 is 1.97 bits per heavy atom. The third-order valence-corrected chi connectivity index (χ3v) is 4.25. The van der Waals surface area contributed by atoms with E-state index in [1.54, 1.807) is 7.11 Å². The van der Waals surface area contributed by atoms with E-state index in [0.717, 1.165) is 46.7 Å². The fourth-order valence-electron chi connectivity index (χ4n) is 2.90. The molecule has 0 aromatic heterocycles. The topological polar surface area (TPSA) is 73.9 Å². The molecular formula is C24H26N2O3. The van der Waals surface area contributed by atoms with Crippen molar-refractivity contribution in [3.05, 3.63) is 95.2 Å². The first-order valence-electron chi connectivity index (χ1n) is 9.27. The van der Waals surface area contributed by atoms with Crippen molar-refractivity contribution >= 4 is 18.9 Å². The highest BCUT2D eigenvalue weighted by Gasteiger charge is 2.16. The number of allylic oxidation sites excluding steroid dienone is 4. The van der Waals surface area contributed by atoms with E-state index in [-0.39, 0.29) is 6.41 Å². The molecule has 5 nitrogen and oxygen atoms in total. The second-order valence-electron chi connectivity index (χ2n) is 6.14. The molecule has 0 saturated carbocycles. The molecule has 1 amide bonds. The van der Waals surface area contributed by atoms with Crippen LogP contribution in [0.25, 0.3) is 5.76 Å². The number of nitrogens with zero attached hydrogens (tertiary/aromatic N) is 1. The highest BCUT2D eigenvalue weighted by molar-refractivity contribution is 5.69. The van der Waals surface area contributed by atoms with Crippen molar-refractivity contribution in [1.29, 1.82) is 0 Å². The van der Waals surface area contributed by atoms with Gasteiger partial charge in [0.05, 0.1) is 7.11 Å². The summed E-state index contributed by atoms with van der Waals surface area (Å²) in [5, 5.41) is 0. The molecule has 1 aliphatic carbocycles. The molecule has 0 radical (unpaired) electrons. The Labute approximate surface area is 171 Å². The summed E-state index contributed by atoms with van der Waals surface area (Å²) < 4.78 is 11.6. The number of rotatable bonds is 7. The minimum absolute atomic E-state index is 0.250. The van der Waals surface area contributed by atoms with Gasteiger partial charge in [0, 0.05) is 5.56 Å². The predicted molar refractivity (Wildman–Crippen MR) is 117 cm³/mol. The lowest BCUT2D eigenvalue weighted by Crippen LogP contribution is -2.01. The maximum absolute atomic E-state index is 8.58. The zero-order valence-corrected chi connectivity index (χ0v) is 16.6. The number of aliphatic imine (C=N–C) groups is 1. The van der Waals surface area contributed by atoms with Crippen LogP contribution in [0.1, 0.15) is 24.0 Å². The van der Waals surface area contributed by atoms with Gasteiger partial charge in [0.25, 0.3) is 0 Å². The number of hydrogen-bond acceptors (Lipinski definition) is 4. The lowest BCUT2D eigenvalue weighted by molar-refractivity contribution is -0.106. The molecular weight excluding hydrogens is 364 g/mol. The smallest absolute Gasteiger partial charge is 0.204 e. The lowest BCUT2D eigenvalue weighted by Gasteiger charge is -2.18. The minimum Gasteiger partial charge on any atom is -0.497 e. The Bertz CT molecular complexity index is 899. The van der Waals surface area contributed by atoms with Gasteiger partial charge in [-0.2, -0.15) is 0 Å². The first-order chi connectivity index (χ1) is 14.2. The van der Waals surface area contributed by atoms with Crippen molar-refractivity contribution in [1.82, 2.24) is 0 Å². The monoisotopic (exact) mass is 390 g/mol. The van der Waals surface area contributed by atoms with Gasteiger partial charge in [0.15, 0.2) is 5.76 Å². The maximum Gasteiger partial charge on any atom is 0.204 e. The molecule has 0 saturated heterocycles. The van der Waals surface area contributed by atoms with Crippen molar-refractivity contribution in [2.24, 2.45) is 10.7 Å². The summed E-state index contributed by atoms with van der Waals surface area (Å²) >= 11 is 0. The highest BCUT2D eigenvalue weighted by Crippen LogP contribution is 2.32. The van der Waals surface area contributed by atoms with Crippen LogP contribution in [-0.2, 0) is 16.1 Å². The number of benzene rings is 2. The van der Waals surface area contributed by atoms with Crippen LogP contribution in [0.4, 0.5) is 0 Å². The summed E-state index contributed by atoms with van der Waals surface area (Å²) in [5.41, 5.74) is 8.12. The van der Waals surface area contributed by atoms with Crippen molar-refractivity contribution in [2.75, 3.05) is 7.11 Å². The Morgan fingerprint density at radius 1 is 1.21 bits per heavy atom. The number of hydrogen-bond donors (Lipinski definition) is 1. The summed E-state index contributed by atoms with van der Waals surface area (Å²) in [6, 6.07) is 18.0. The number of carbonyl (C=O) groups excluding carboxylic acids is 1. The zero-order valence-electron chi connectivity index (χ0n) is 16.6. The molecule has 0 aliphatic heterocycles. The fourth-order valence-corrected chi connectivity index (χ4v) is 2.90. The van der Waals surface area contributed by atoms with Crippen LogP contribution in [-0.4, -0.2) is 20.2 Å². The second kappa shape index (κ2) is 12.0. The maximum atomic E-state index is 8.58. The van der Waals surface area contributed by atoms with Gasteiger partial charge < -0.3 is 15.2 Å².